The molecule has 1 N–H and O–H groups in total. The molecule has 0 amide bonds. The molecule has 4 nitrogen and oxygen atoms in total. The Morgan fingerprint density at radius 3 is 3.06 bits per heavy atom. The highest BCUT2D eigenvalue weighted by Gasteiger charge is 2.20. The van der Waals surface area contributed by atoms with Crippen LogP contribution in [0.5, 0.6) is 5.75 Å². The van der Waals surface area contributed by atoms with Crippen molar-refractivity contribution in [2.24, 2.45) is 0 Å². The first-order valence-corrected chi connectivity index (χ1v) is 6.15. The molecular formula is C14H15N3O. The quantitative estimate of drug-likeness (QED) is 0.893. The number of rotatable bonds is 3. The molecule has 0 spiro atoms. The zero-order valence-electron chi connectivity index (χ0n) is 10.0. The van der Waals surface area contributed by atoms with Crippen molar-refractivity contribution in [3.63, 3.8) is 0 Å². The van der Waals surface area contributed by atoms with Gasteiger partial charge in [-0.3, -0.25) is 0 Å². The molecule has 1 unspecified atom stereocenters. The third-order valence-electron chi connectivity index (χ3n) is 3.12. The van der Waals surface area contributed by atoms with Gasteiger partial charge >= 0.3 is 0 Å². The van der Waals surface area contributed by atoms with Gasteiger partial charge in [-0.05, 0) is 18.2 Å². The largest absolute Gasteiger partial charge is 0.493 e. The smallest absolute Gasteiger partial charge is 0.124 e. The molecule has 92 valence electrons. The number of hydrogen-bond acceptors (Lipinski definition) is 4. The lowest BCUT2D eigenvalue weighted by molar-refractivity contribution is 0.252. The predicted octanol–water partition coefficient (Wildman–Crippen LogP) is 2.09. The molecule has 2 aromatic rings. The SMILES string of the molecule is c1cnnc(CNC2CCOc3ccccc32)c1. The minimum absolute atomic E-state index is 0.331. The lowest BCUT2D eigenvalue weighted by atomic mass is 10.0. The number of benzene rings is 1. The number of hydrogen-bond donors (Lipinski definition) is 1. The average molecular weight is 241 g/mol. The number of nitrogens with zero attached hydrogens (tertiary/aromatic N) is 2. The van der Waals surface area contributed by atoms with Crippen molar-refractivity contribution >= 4 is 0 Å². The standard InChI is InChI=1S/C14H15N3O/c1-2-6-14-12(5-1)13(7-9-18-14)15-10-11-4-3-8-16-17-11/h1-6,8,13,15H,7,9-10H2. The molecule has 0 saturated heterocycles. The van der Waals surface area contributed by atoms with E-state index in [9.17, 15) is 0 Å². The highest BCUT2D eigenvalue weighted by atomic mass is 16.5. The zero-order chi connectivity index (χ0) is 12.2. The summed E-state index contributed by atoms with van der Waals surface area (Å²) in [6.07, 6.45) is 2.67. The Kier molecular flexibility index (Phi) is 3.19. The van der Waals surface area contributed by atoms with Crippen LogP contribution in [0.2, 0.25) is 0 Å². The van der Waals surface area contributed by atoms with E-state index in [1.807, 2.05) is 30.3 Å². The summed E-state index contributed by atoms with van der Waals surface area (Å²) >= 11 is 0. The van der Waals surface area contributed by atoms with Crippen LogP contribution < -0.4 is 10.1 Å². The summed E-state index contributed by atoms with van der Waals surface area (Å²) in [5, 5.41) is 11.5. The minimum Gasteiger partial charge on any atom is -0.493 e. The summed E-state index contributed by atoms with van der Waals surface area (Å²) in [4.78, 5) is 0. The summed E-state index contributed by atoms with van der Waals surface area (Å²) in [5.74, 6) is 0.986. The molecule has 1 aromatic heterocycles. The van der Waals surface area contributed by atoms with Gasteiger partial charge in [0.05, 0.1) is 12.3 Å². The van der Waals surface area contributed by atoms with Crippen molar-refractivity contribution < 1.29 is 4.74 Å². The van der Waals surface area contributed by atoms with E-state index in [4.69, 9.17) is 4.74 Å². The Bertz CT molecular complexity index is 515. The summed E-state index contributed by atoms with van der Waals surface area (Å²) in [5.41, 5.74) is 2.19. The van der Waals surface area contributed by atoms with Gasteiger partial charge < -0.3 is 10.1 Å². The Morgan fingerprint density at radius 2 is 2.17 bits per heavy atom. The van der Waals surface area contributed by atoms with Gasteiger partial charge in [-0.1, -0.05) is 18.2 Å². The Balaban J connectivity index is 1.71. The molecule has 3 rings (SSSR count). The van der Waals surface area contributed by atoms with E-state index in [-0.39, 0.29) is 0 Å². The lowest BCUT2D eigenvalue weighted by Crippen LogP contribution is -2.27. The van der Waals surface area contributed by atoms with E-state index < -0.39 is 0 Å². The van der Waals surface area contributed by atoms with Gasteiger partial charge in [0.2, 0.25) is 0 Å². The molecule has 18 heavy (non-hydrogen) atoms. The molecule has 0 bridgehead atoms. The van der Waals surface area contributed by atoms with Crippen LogP contribution in [-0.2, 0) is 6.54 Å². The summed E-state index contributed by atoms with van der Waals surface area (Å²) in [6, 6.07) is 12.4. The maximum Gasteiger partial charge on any atom is 0.124 e. The van der Waals surface area contributed by atoms with Crippen molar-refractivity contribution in [2.45, 2.75) is 19.0 Å². The van der Waals surface area contributed by atoms with Gasteiger partial charge in [-0.2, -0.15) is 10.2 Å². The van der Waals surface area contributed by atoms with E-state index in [0.29, 0.717) is 6.04 Å². The second-order valence-corrected chi connectivity index (χ2v) is 4.32. The molecule has 0 aliphatic carbocycles. The maximum absolute atomic E-state index is 5.64. The topological polar surface area (TPSA) is 47.0 Å². The minimum atomic E-state index is 0.331. The molecule has 4 heteroatoms. The average Bonchev–Trinajstić information content (AvgIpc) is 2.46. The molecule has 1 aliphatic rings. The number of fused-ring (bicyclic) bond motifs is 1. The number of aromatic nitrogens is 2. The number of ether oxygens (including phenoxy) is 1. The molecular weight excluding hydrogens is 226 g/mol. The van der Waals surface area contributed by atoms with Crippen LogP contribution >= 0.6 is 0 Å². The summed E-state index contributed by atoms with van der Waals surface area (Å²) in [6.45, 7) is 1.49. The van der Waals surface area contributed by atoms with Crippen LogP contribution in [0.1, 0.15) is 23.7 Å². The Hall–Kier alpha value is -1.94. The van der Waals surface area contributed by atoms with Gasteiger partial charge in [-0.25, -0.2) is 0 Å². The third kappa shape index (κ3) is 2.33. The fourth-order valence-electron chi connectivity index (χ4n) is 2.21. The first-order chi connectivity index (χ1) is 8.93. The molecule has 2 heterocycles. The van der Waals surface area contributed by atoms with Crippen LogP contribution in [0, 0.1) is 0 Å². The van der Waals surface area contributed by atoms with Crippen LogP contribution in [0.3, 0.4) is 0 Å². The van der Waals surface area contributed by atoms with Gasteiger partial charge in [0.15, 0.2) is 0 Å². The van der Waals surface area contributed by atoms with E-state index in [1.165, 1.54) is 5.56 Å². The monoisotopic (exact) mass is 241 g/mol. The van der Waals surface area contributed by atoms with Crippen molar-refractivity contribution in [3.05, 3.63) is 53.9 Å². The molecule has 0 radical (unpaired) electrons. The second-order valence-electron chi connectivity index (χ2n) is 4.32. The number of nitrogens with one attached hydrogen (secondary N) is 1. The van der Waals surface area contributed by atoms with Crippen molar-refractivity contribution in [1.29, 1.82) is 0 Å². The Morgan fingerprint density at radius 1 is 1.22 bits per heavy atom. The van der Waals surface area contributed by atoms with Crippen LogP contribution in [0.4, 0.5) is 0 Å². The first kappa shape index (κ1) is 11.2. The fourth-order valence-corrected chi connectivity index (χ4v) is 2.21. The highest BCUT2D eigenvalue weighted by Crippen LogP contribution is 2.31. The molecule has 0 fully saturated rings. The third-order valence-corrected chi connectivity index (χ3v) is 3.12. The van der Waals surface area contributed by atoms with Crippen molar-refractivity contribution in [2.75, 3.05) is 6.61 Å². The second kappa shape index (κ2) is 5.14. The van der Waals surface area contributed by atoms with Gasteiger partial charge in [-0.15, -0.1) is 0 Å². The van der Waals surface area contributed by atoms with Gasteiger partial charge in [0.25, 0.3) is 0 Å². The molecule has 1 atom stereocenters. The maximum atomic E-state index is 5.64. The van der Waals surface area contributed by atoms with Crippen LogP contribution in [-0.4, -0.2) is 16.8 Å². The zero-order valence-corrected chi connectivity index (χ0v) is 10.0. The first-order valence-electron chi connectivity index (χ1n) is 6.15. The number of para-hydroxylation sites is 1. The highest BCUT2D eigenvalue weighted by molar-refractivity contribution is 5.37. The summed E-state index contributed by atoms with van der Waals surface area (Å²) < 4.78 is 5.64. The van der Waals surface area contributed by atoms with Crippen LogP contribution in [0.15, 0.2) is 42.6 Å². The van der Waals surface area contributed by atoms with E-state index in [1.54, 1.807) is 6.20 Å². The normalized spacial score (nSPS) is 17.9. The molecule has 1 aliphatic heterocycles. The van der Waals surface area contributed by atoms with Crippen LogP contribution in [0.25, 0.3) is 0 Å². The Labute approximate surface area is 106 Å². The van der Waals surface area contributed by atoms with Crippen molar-refractivity contribution in [3.8, 4) is 5.75 Å². The lowest BCUT2D eigenvalue weighted by Gasteiger charge is -2.26. The van der Waals surface area contributed by atoms with Crippen molar-refractivity contribution in [1.82, 2.24) is 15.5 Å². The van der Waals surface area contributed by atoms with E-state index >= 15 is 0 Å². The van der Waals surface area contributed by atoms with Gasteiger partial charge in [0.1, 0.15) is 5.75 Å². The summed E-state index contributed by atoms with van der Waals surface area (Å²) in [7, 11) is 0. The van der Waals surface area contributed by atoms with E-state index in [2.05, 4.69) is 21.6 Å². The predicted molar refractivity (Wildman–Crippen MR) is 68.2 cm³/mol. The van der Waals surface area contributed by atoms with E-state index in [0.717, 1.165) is 31.0 Å². The fraction of sp³-hybridized carbons (Fsp3) is 0.286. The van der Waals surface area contributed by atoms with Gasteiger partial charge in [0, 0.05) is 30.8 Å². The molecule has 1 aromatic carbocycles. The molecule has 0 saturated carbocycles.